The number of thioether (sulfide) groups is 1. The highest BCUT2D eigenvalue weighted by molar-refractivity contribution is 7.99. The number of rotatable bonds is 14. The second-order valence-electron chi connectivity index (χ2n) is 16.7. The molecule has 1 aromatic heterocycles. The van der Waals surface area contributed by atoms with Gasteiger partial charge in [0.25, 0.3) is 5.91 Å². The summed E-state index contributed by atoms with van der Waals surface area (Å²) in [5.41, 5.74) is 15.1. The molecule has 1 saturated heterocycles. The summed E-state index contributed by atoms with van der Waals surface area (Å²) in [6, 6.07) is -3.87. The number of aromatic amines is 1. The van der Waals surface area contributed by atoms with E-state index in [2.05, 4.69) is 37.0 Å². The summed E-state index contributed by atoms with van der Waals surface area (Å²) in [6.07, 6.45) is -3.60. The number of para-hydroxylation sites is 1. The second-order valence-corrected chi connectivity index (χ2v) is 17.8. The maximum absolute atomic E-state index is 14.4. The molecule has 15 N–H and O–H groups in total. The Bertz CT molecular complexity index is 2140. The van der Waals surface area contributed by atoms with E-state index in [1.54, 1.807) is 52.0 Å². The first kappa shape index (κ1) is 52.6. The lowest BCUT2D eigenvalue weighted by Crippen LogP contribution is -2.63. The minimum absolute atomic E-state index is 0.265. The molecule has 10 atom stereocenters. The van der Waals surface area contributed by atoms with Crippen LogP contribution in [0.3, 0.4) is 0 Å². The SMILES string of the molecule is CC[C@H](C)[C@@H]1NC(=O)CNC(=O)[C@@H](NC(=O)[C@@H](N)[C@@H](C)[C@@H](O)CO)Cc2c([nH]c3ccccc23)SCC(C(=O)N[C@@H](CC(N)=O)C(=O)N2C[C@H](O)C[C@H]2C(=O)O)NC(=O)N(C(C)C)NC1=O. The van der Waals surface area contributed by atoms with Crippen LogP contribution in [0.2, 0.25) is 0 Å². The highest BCUT2D eigenvalue weighted by Gasteiger charge is 2.43. The number of aliphatic carboxylic acids is 1. The topological polar surface area (TPSA) is 381 Å². The number of carboxylic acids is 1. The van der Waals surface area contributed by atoms with Gasteiger partial charge in [0.15, 0.2) is 0 Å². The van der Waals surface area contributed by atoms with Crippen molar-refractivity contribution in [3.05, 3.63) is 29.8 Å². The van der Waals surface area contributed by atoms with E-state index in [9.17, 15) is 63.6 Å². The Morgan fingerprint density at radius 2 is 1.70 bits per heavy atom. The summed E-state index contributed by atoms with van der Waals surface area (Å²) >= 11 is 0.963. The van der Waals surface area contributed by atoms with E-state index >= 15 is 0 Å². The standard InChI is InChI=1S/C41H61N11O13S/c1-6-19(4)33-37(61)50-52(18(2)3)41(65)48-27(35(59)46-26(13-30(42)56)39(62)51-15-21(54)11-28(51)40(63)64)17-66-38-23(22-9-7-8-10-24(22)47-38)12-25(34(58)44-14-31(57)49-33)45-36(60)32(43)20(5)29(55)16-53/h7-10,18-21,25-29,32-33,47,53-55H,6,11-17,43H2,1-5H3,(H2,42,56)(H,44,58)(H,45,60)(H,46,59)(H,48,65)(H,49,57)(H,50,61)(H,63,64)/t19-,20-,21+,25-,26-,27?,28-,29-,32-,33-/m0/s1. The number of nitrogens with one attached hydrogen (secondary N) is 7. The molecule has 1 aromatic carbocycles. The molecule has 0 aliphatic carbocycles. The van der Waals surface area contributed by atoms with Crippen molar-refractivity contribution >= 4 is 76.0 Å². The van der Waals surface area contributed by atoms with Crippen molar-refractivity contribution < 1.29 is 63.6 Å². The van der Waals surface area contributed by atoms with Gasteiger partial charge in [-0.15, -0.1) is 11.8 Å². The zero-order chi connectivity index (χ0) is 49.2. The van der Waals surface area contributed by atoms with Gasteiger partial charge in [-0.2, -0.15) is 0 Å². The van der Waals surface area contributed by atoms with Gasteiger partial charge in [0.05, 0.1) is 42.8 Å². The predicted molar refractivity (Wildman–Crippen MR) is 236 cm³/mol. The molecular formula is C41H61N11O13S. The van der Waals surface area contributed by atoms with Crippen molar-refractivity contribution in [3.63, 3.8) is 0 Å². The highest BCUT2D eigenvalue weighted by atomic mass is 32.2. The van der Waals surface area contributed by atoms with Crippen molar-refractivity contribution in [2.24, 2.45) is 23.3 Å². The maximum Gasteiger partial charge on any atom is 0.337 e. The average molecular weight is 948 g/mol. The van der Waals surface area contributed by atoms with Crippen molar-refractivity contribution in [2.75, 3.05) is 25.4 Å². The molecule has 66 heavy (non-hydrogen) atoms. The Morgan fingerprint density at radius 3 is 2.32 bits per heavy atom. The van der Waals surface area contributed by atoms with Gasteiger partial charge in [-0.3, -0.25) is 39.0 Å². The number of urea groups is 1. The van der Waals surface area contributed by atoms with Gasteiger partial charge in [0.2, 0.25) is 35.4 Å². The minimum Gasteiger partial charge on any atom is -0.480 e. The molecule has 1 unspecified atom stereocenters. The fraction of sp³-hybridized carbons (Fsp3) is 0.585. The first-order chi connectivity index (χ1) is 31.1. The van der Waals surface area contributed by atoms with Crippen LogP contribution in [0.15, 0.2) is 29.3 Å². The highest BCUT2D eigenvalue weighted by Crippen LogP contribution is 2.32. The van der Waals surface area contributed by atoms with Gasteiger partial charge in [-0.25, -0.2) is 14.6 Å². The first-order valence-corrected chi connectivity index (χ1v) is 22.4. The number of amides is 9. The molecule has 1 fully saturated rings. The van der Waals surface area contributed by atoms with Gasteiger partial charge in [-0.05, 0) is 31.4 Å². The fourth-order valence-electron chi connectivity index (χ4n) is 7.38. The number of β-amino-alcohol motifs (C(OH)–C–C–N with tert-alkyl or cyclic N) is 1. The van der Waals surface area contributed by atoms with Gasteiger partial charge in [0.1, 0.15) is 30.2 Å². The zero-order valence-corrected chi connectivity index (χ0v) is 38.1. The molecule has 2 aromatic rings. The lowest BCUT2D eigenvalue weighted by Gasteiger charge is -2.32. The quantitative estimate of drug-likeness (QED) is 0.0874. The number of aliphatic hydroxyl groups excluding tert-OH is 3. The maximum atomic E-state index is 14.4. The molecule has 0 spiro atoms. The summed E-state index contributed by atoms with van der Waals surface area (Å²) in [7, 11) is 0. The van der Waals surface area contributed by atoms with Crippen LogP contribution >= 0.6 is 11.8 Å². The number of hydrogen-bond acceptors (Lipinski definition) is 14. The summed E-state index contributed by atoms with van der Waals surface area (Å²) in [5.74, 6) is -9.76. The van der Waals surface area contributed by atoms with E-state index < -0.39 is 146 Å². The molecule has 0 radical (unpaired) electrons. The molecular weight excluding hydrogens is 887 g/mol. The van der Waals surface area contributed by atoms with Crippen molar-refractivity contribution in [1.82, 2.24) is 46.9 Å². The number of aromatic nitrogens is 1. The normalized spacial score (nSPS) is 23.7. The van der Waals surface area contributed by atoms with Crippen LogP contribution in [0.4, 0.5) is 4.79 Å². The van der Waals surface area contributed by atoms with Crippen LogP contribution < -0.4 is 43.5 Å². The summed E-state index contributed by atoms with van der Waals surface area (Å²) in [5, 5.41) is 54.2. The van der Waals surface area contributed by atoms with E-state index in [0.717, 1.165) is 21.7 Å². The second kappa shape index (κ2) is 23.4. The fourth-order valence-corrected chi connectivity index (χ4v) is 8.50. The van der Waals surface area contributed by atoms with Crippen LogP contribution in [0, 0.1) is 11.8 Å². The summed E-state index contributed by atoms with van der Waals surface area (Å²) in [6.45, 7) is 6.20. The molecule has 3 heterocycles. The van der Waals surface area contributed by atoms with E-state index in [-0.39, 0.29) is 18.6 Å². The number of fused-ring (bicyclic) bond motifs is 3. The monoisotopic (exact) mass is 947 g/mol. The number of nitrogens with zero attached hydrogens (tertiary/aromatic N) is 2. The number of nitrogens with two attached hydrogens (primary N) is 2. The minimum atomic E-state index is -1.75. The summed E-state index contributed by atoms with van der Waals surface area (Å²) in [4.78, 5) is 125. The molecule has 4 rings (SSSR count). The average Bonchev–Trinajstić information content (AvgIpc) is 3.84. The Kier molecular flexibility index (Phi) is 18.7. The smallest absolute Gasteiger partial charge is 0.337 e. The van der Waals surface area contributed by atoms with Gasteiger partial charge >= 0.3 is 12.0 Å². The van der Waals surface area contributed by atoms with Crippen molar-refractivity contribution in [2.45, 2.75) is 120 Å². The van der Waals surface area contributed by atoms with Crippen LogP contribution in [0.1, 0.15) is 59.4 Å². The van der Waals surface area contributed by atoms with E-state index in [4.69, 9.17) is 11.5 Å². The summed E-state index contributed by atoms with van der Waals surface area (Å²) < 4.78 is 0. The van der Waals surface area contributed by atoms with E-state index in [0.29, 0.717) is 27.9 Å². The molecule has 2 aliphatic heterocycles. The van der Waals surface area contributed by atoms with Crippen molar-refractivity contribution in [1.29, 1.82) is 0 Å². The van der Waals surface area contributed by atoms with Crippen LogP contribution in [-0.4, -0.2) is 169 Å². The number of hydrogen-bond donors (Lipinski definition) is 13. The van der Waals surface area contributed by atoms with Crippen molar-refractivity contribution in [3.8, 4) is 0 Å². The van der Waals surface area contributed by atoms with Crippen LogP contribution in [0.25, 0.3) is 10.9 Å². The van der Waals surface area contributed by atoms with Crippen LogP contribution in [-0.2, 0) is 44.8 Å². The van der Waals surface area contributed by atoms with Crippen LogP contribution in [0.5, 0.6) is 0 Å². The molecule has 25 heteroatoms. The number of carboxylic acid groups (broad SMARTS) is 1. The van der Waals surface area contributed by atoms with Gasteiger partial charge in [-0.1, -0.05) is 45.4 Å². The van der Waals surface area contributed by atoms with Gasteiger partial charge in [0, 0.05) is 48.0 Å². The molecule has 364 valence electrons. The third-order valence-electron chi connectivity index (χ3n) is 11.6. The van der Waals surface area contributed by atoms with Gasteiger partial charge < -0.3 is 68.4 Å². The molecule has 0 bridgehead atoms. The third kappa shape index (κ3) is 13.3. The number of hydrazine groups is 1. The number of aliphatic hydroxyl groups is 3. The third-order valence-corrected chi connectivity index (χ3v) is 12.7. The Balaban J connectivity index is 1.83. The van der Waals surface area contributed by atoms with E-state index in [1.807, 2.05) is 0 Å². The lowest BCUT2D eigenvalue weighted by molar-refractivity contribution is -0.149. The lowest BCUT2D eigenvalue weighted by atomic mass is 9.95. The molecule has 0 saturated carbocycles. The Labute approximate surface area is 384 Å². The first-order valence-electron chi connectivity index (χ1n) is 21.4. The predicted octanol–water partition coefficient (Wildman–Crippen LogP) is -3.51. The Morgan fingerprint density at radius 1 is 1.02 bits per heavy atom. The molecule has 24 nitrogen and oxygen atoms in total. The number of primary amides is 1. The Hall–Kier alpha value is -6.02. The number of carbonyl (C=O) groups excluding carboxylic acids is 8. The molecule has 2 aliphatic rings. The zero-order valence-electron chi connectivity index (χ0n) is 37.2. The number of carbonyl (C=O) groups is 9. The number of H-pyrrole nitrogens is 1. The largest absolute Gasteiger partial charge is 0.480 e. The molecule has 9 amide bonds. The number of likely N-dealkylation sites (tertiary alicyclic amines) is 1. The van der Waals surface area contributed by atoms with E-state index in [1.165, 1.54) is 6.92 Å². The number of benzene rings is 1.